The summed E-state index contributed by atoms with van der Waals surface area (Å²) in [6.07, 6.45) is 4.41. The highest BCUT2D eigenvalue weighted by Crippen LogP contribution is 2.30. The van der Waals surface area contributed by atoms with Crippen molar-refractivity contribution in [2.24, 2.45) is 5.92 Å². The van der Waals surface area contributed by atoms with E-state index in [0.717, 1.165) is 51.0 Å². The van der Waals surface area contributed by atoms with Gasteiger partial charge in [-0.1, -0.05) is 26.0 Å². The molecule has 1 saturated heterocycles. The number of nitro groups is 1. The van der Waals surface area contributed by atoms with Gasteiger partial charge in [0.1, 0.15) is 0 Å². The van der Waals surface area contributed by atoms with E-state index in [-0.39, 0.29) is 23.3 Å². The van der Waals surface area contributed by atoms with Gasteiger partial charge >= 0.3 is 0 Å². The number of benzene rings is 2. The number of rotatable bonds is 10. The third-order valence-electron chi connectivity index (χ3n) is 6.27. The second-order valence-corrected chi connectivity index (χ2v) is 9.07. The number of carbonyl (C=O) groups is 2. The van der Waals surface area contributed by atoms with Crippen molar-refractivity contribution < 1.29 is 14.5 Å². The number of carbonyl (C=O) groups excluding carboxylic acids is 2. The fourth-order valence-electron chi connectivity index (χ4n) is 4.18. The summed E-state index contributed by atoms with van der Waals surface area (Å²) in [7, 11) is 0. The molecular weight excluding hydrogens is 418 g/mol. The fraction of sp³-hybridized carbons (Fsp3) is 0.462. The Bertz CT molecular complexity index is 964. The molecule has 1 aliphatic heterocycles. The van der Waals surface area contributed by atoms with E-state index in [1.165, 1.54) is 29.8 Å². The Morgan fingerprint density at radius 1 is 1.09 bits per heavy atom. The van der Waals surface area contributed by atoms with Gasteiger partial charge in [-0.15, -0.1) is 0 Å². The molecule has 1 fully saturated rings. The maximum atomic E-state index is 12.3. The van der Waals surface area contributed by atoms with Gasteiger partial charge in [0, 0.05) is 35.7 Å². The van der Waals surface area contributed by atoms with Crippen LogP contribution in [0.1, 0.15) is 67.8 Å². The highest BCUT2D eigenvalue weighted by atomic mass is 16.6. The zero-order valence-electron chi connectivity index (χ0n) is 19.5. The van der Waals surface area contributed by atoms with Crippen LogP contribution < -0.4 is 5.32 Å². The molecule has 3 rings (SSSR count). The first-order valence-corrected chi connectivity index (χ1v) is 11.7. The van der Waals surface area contributed by atoms with Crippen molar-refractivity contribution in [3.63, 3.8) is 0 Å². The molecular formula is C26H33N3O4. The van der Waals surface area contributed by atoms with E-state index in [4.69, 9.17) is 0 Å². The van der Waals surface area contributed by atoms with Crippen LogP contribution in [-0.2, 0) is 4.79 Å². The lowest BCUT2D eigenvalue weighted by Crippen LogP contribution is -2.33. The van der Waals surface area contributed by atoms with Gasteiger partial charge in [0.2, 0.25) is 5.91 Å². The standard InChI is InChI=1S/C26H33N3O4/c1-19(2)26(31)27-23-7-5-6-22(18-23)20-13-16-28(17-14-20)15-4-3-8-25(30)21-9-11-24(12-10-21)29(32)33/h5-7,9-12,18-20H,3-4,8,13-17H2,1-2H3,(H,27,31). The molecule has 0 aromatic heterocycles. The molecule has 1 heterocycles. The first-order chi connectivity index (χ1) is 15.8. The van der Waals surface area contributed by atoms with Crippen LogP contribution in [0.15, 0.2) is 48.5 Å². The Morgan fingerprint density at radius 3 is 2.42 bits per heavy atom. The number of piperidine rings is 1. The van der Waals surface area contributed by atoms with Crippen LogP contribution in [0.4, 0.5) is 11.4 Å². The molecule has 0 unspecified atom stereocenters. The smallest absolute Gasteiger partial charge is 0.269 e. The summed E-state index contributed by atoms with van der Waals surface area (Å²) in [6, 6.07) is 14.0. The van der Waals surface area contributed by atoms with Gasteiger partial charge < -0.3 is 10.2 Å². The molecule has 0 radical (unpaired) electrons. The van der Waals surface area contributed by atoms with Gasteiger partial charge in [-0.05, 0) is 81.1 Å². The summed E-state index contributed by atoms with van der Waals surface area (Å²) >= 11 is 0. The van der Waals surface area contributed by atoms with Crippen molar-refractivity contribution >= 4 is 23.1 Å². The number of ketones is 1. The Hall–Kier alpha value is -3.06. The van der Waals surface area contributed by atoms with E-state index in [2.05, 4.69) is 22.3 Å². The average molecular weight is 452 g/mol. The summed E-state index contributed by atoms with van der Waals surface area (Å²) in [5, 5.41) is 13.7. The van der Waals surface area contributed by atoms with Crippen molar-refractivity contribution in [2.45, 2.75) is 51.9 Å². The largest absolute Gasteiger partial charge is 0.326 e. The minimum atomic E-state index is -0.459. The summed E-state index contributed by atoms with van der Waals surface area (Å²) in [6.45, 7) is 6.82. The van der Waals surface area contributed by atoms with Crippen LogP contribution in [0.25, 0.3) is 0 Å². The van der Waals surface area contributed by atoms with E-state index < -0.39 is 4.92 Å². The number of likely N-dealkylation sites (tertiary alicyclic amines) is 1. The minimum absolute atomic E-state index is 0.00184. The number of nitro benzene ring substituents is 1. The van der Waals surface area contributed by atoms with Crippen LogP contribution in [-0.4, -0.2) is 41.1 Å². The summed E-state index contributed by atoms with van der Waals surface area (Å²) in [4.78, 5) is 37.0. The van der Waals surface area contributed by atoms with Crippen molar-refractivity contribution in [1.82, 2.24) is 4.90 Å². The predicted molar refractivity (Wildman–Crippen MR) is 130 cm³/mol. The van der Waals surface area contributed by atoms with E-state index in [1.807, 2.05) is 26.0 Å². The Balaban J connectivity index is 1.38. The van der Waals surface area contributed by atoms with E-state index in [9.17, 15) is 19.7 Å². The number of nitrogens with one attached hydrogen (secondary N) is 1. The van der Waals surface area contributed by atoms with Gasteiger partial charge in [-0.3, -0.25) is 19.7 Å². The quantitative estimate of drug-likeness (QED) is 0.225. The van der Waals surface area contributed by atoms with Crippen molar-refractivity contribution in [2.75, 3.05) is 25.0 Å². The number of unbranched alkanes of at least 4 members (excludes halogenated alkanes) is 1. The van der Waals surface area contributed by atoms with Crippen LogP contribution in [0.3, 0.4) is 0 Å². The van der Waals surface area contributed by atoms with Crippen molar-refractivity contribution in [1.29, 1.82) is 0 Å². The number of nitrogens with zero attached hydrogens (tertiary/aromatic N) is 2. The van der Waals surface area contributed by atoms with Gasteiger partial charge in [0.15, 0.2) is 5.78 Å². The first kappa shape index (κ1) is 24.6. The number of hydrogen-bond donors (Lipinski definition) is 1. The summed E-state index contributed by atoms with van der Waals surface area (Å²) < 4.78 is 0. The Labute approximate surface area is 195 Å². The van der Waals surface area contributed by atoms with Crippen LogP contribution in [0, 0.1) is 16.0 Å². The van der Waals surface area contributed by atoms with Crippen LogP contribution in [0.2, 0.25) is 0 Å². The molecule has 0 saturated carbocycles. The normalized spacial score (nSPS) is 14.9. The lowest BCUT2D eigenvalue weighted by molar-refractivity contribution is -0.384. The van der Waals surface area contributed by atoms with Gasteiger partial charge in [-0.25, -0.2) is 0 Å². The third-order valence-corrected chi connectivity index (χ3v) is 6.27. The average Bonchev–Trinajstić information content (AvgIpc) is 2.82. The zero-order chi connectivity index (χ0) is 23.8. The SMILES string of the molecule is CC(C)C(=O)Nc1cccc(C2CCN(CCCCC(=O)c3ccc([N+](=O)[O-])cc3)CC2)c1. The fourth-order valence-corrected chi connectivity index (χ4v) is 4.18. The van der Waals surface area contributed by atoms with Gasteiger partial charge in [0.25, 0.3) is 5.69 Å². The molecule has 176 valence electrons. The maximum Gasteiger partial charge on any atom is 0.269 e. The number of Topliss-reactive ketones (excluding diaryl/α,β-unsaturated/α-hetero) is 1. The zero-order valence-corrected chi connectivity index (χ0v) is 19.5. The molecule has 2 aromatic carbocycles. The number of amides is 1. The number of anilines is 1. The molecule has 0 aliphatic carbocycles. The highest BCUT2D eigenvalue weighted by molar-refractivity contribution is 5.96. The second kappa shape index (κ2) is 11.7. The lowest BCUT2D eigenvalue weighted by atomic mass is 9.89. The molecule has 0 bridgehead atoms. The molecule has 0 atom stereocenters. The second-order valence-electron chi connectivity index (χ2n) is 9.07. The van der Waals surface area contributed by atoms with E-state index in [0.29, 0.717) is 17.9 Å². The molecule has 7 heteroatoms. The molecule has 0 spiro atoms. The van der Waals surface area contributed by atoms with Crippen LogP contribution in [0.5, 0.6) is 0 Å². The Kier molecular flexibility index (Phi) is 8.72. The maximum absolute atomic E-state index is 12.3. The molecule has 2 aromatic rings. The van der Waals surface area contributed by atoms with Crippen LogP contribution >= 0.6 is 0 Å². The third kappa shape index (κ3) is 7.22. The predicted octanol–water partition coefficient (Wildman–Crippen LogP) is 5.42. The summed E-state index contributed by atoms with van der Waals surface area (Å²) in [5.74, 6) is 0.532. The van der Waals surface area contributed by atoms with Crippen molar-refractivity contribution in [3.8, 4) is 0 Å². The lowest BCUT2D eigenvalue weighted by Gasteiger charge is -2.32. The van der Waals surface area contributed by atoms with Gasteiger partial charge in [0.05, 0.1) is 4.92 Å². The monoisotopic (exact) mass is 451 g/mol. The first-order valence-electron chi connectivity index (χ1n) is 11.7. The van der Waals surface area contributed by atoms with E-state index in [1.54, 1.807) is 0 Å². The molecule has 7 nitrogen and oxygen atoms in total. The number of hydrogen-bond acceptors (Lipinski definition) is 5. The molecule has 1 aliphatic rings. The van der Waals surface area contributed by atoms with Crippen molar-refractivity contribution in [3.05, 3.63) is 69.8 Å². The highest BCUT2D eigenvalue weighted by Gasteiger charge is 2.21. The Morgan fingerprint density at radius 2 is 1.79 bits per heavy atom. The minimum Gasteiger partial charge on any atom is -0.326 e. The molecule has 1 amide bonds. The van der Waals surface area contributed by atoms with E-state index >= 15 is 0 Å². The molecule has 1 N–H and O–H groups in total. The van der Waals surface area contributed by atoms with Gasteiger partial charge in [-0.2, -0.15) is 0 Å². The summed E-state index contributed by atoms with van der Waals surface area (Å²) in [5.41, 5.74) is 2.69. The molecule has 33 heavy (non-hydrogen) atoms. The topological polar surface area (TPSA) is 92.6 Å². The number of non-ortho nitro benzene ring substituents is 1.